The average molecular weight is 330 g/mol. The van der Waals surface area contributed by atoms with Crippen molar-refractivity contribution in [2.24, 2.45) is 0 Å². The van der Waals surface area contributed by atoms with Crippen LogP contribution in [-0.4, -0.2) is 29.1 Å². The molecule has 0 aliphatic rings. The monoisotopic (exact) mass is 330 g/mol. The highest BCUT2D eigenvalue weighted by Crippen LogP contribution is 2.21. The van der Waals surface area contributed by atoms with Gasteiger partial charge in [-0.1, -0.05) is 18.2 Å². The molecule has 122 valence electrons. The summed E-state index contributed by atoms with van der Waals surface area (Å²) < 4.78 is 13.7. The summed E-state index contributed by atoms with van der Waals surface area (Å²) in [5, 5.41) is 2.10. The predicted molar refractivity (Wildman–Crippen MR) is 93.9 cm³/mol. The molecule has 0 fully saturated rings. The Morgan fingerprint density at radius 2 is 1.87 bits per heavy atom. The predicted octanol–water partition coefficient (Wildman–Crippen LogP) is 4.09. The molecule has 0 aliphatic carbocycles. The Kier molecular flexibility index (Phi) is 5.43. The third-order valence-corrected chi connectivity index (χ3v) is 4.56. The molecule has 23 heavy (non-hydrogen) atoms. The highest BCUT2D eigenvalue weighted by molar-refractivity contribution is 7.09. The molecule has 1 aromatic carbocycles. The van der Waals surface area contributed by atoms with Gasteiger partial charge in [-0.3, -0.25) is 0 Å². The molecule has 0 saturated carbocycles. The van der Waals surface area contributed by atoms with Gasteiger partial charge in [-0.05, 0) is 37.4 Å². The fraction of sp³-hybridized carbons (Fsp3) is 0.389. The third-order valence-electron chi connectivity index (χ3n) is 3.68. The van der Waals surface area contributed by atoms with Gasteiger partial charge in [0.1, 0.15) is 5.82 Å². The molecule has 0 amide bonds. The summed E-state index contributed by atoms with van der Waals surface area (Å²) in [6.45, 7) is 5.91. The molecule has 0 N–H and O–H groups in total. The average Bonchev–Trinajstić information content (AvgIpc) is 3.17. The lowest BCUT2D eigenvalue weighted by Crippen LogP contribution is -2.24. The second kappa shape index (κ2) is 7.73. The van der Waals surface area contributed by atoms with Crippen molar-refractivity contribution in [3.05, 3.63) is 52.5 Å². The number of fused-ring (bicyclic) bond motifs is 1. The minimum Gasteiger partial charge on any atom is -0.351 e. The molecule has 0 bridgehead atoms. The van der Waals surface area contributed by atoms with Crippen molar-refractivity contribution in [1.29, 1.82) is 0 Å². The number of aromatic nitrogens is 2. The van der Waals surface area contributed by atoms with E-state index in [1.165, 1.54) is 4.88 Å². The van der Waals surface area contributed by atoms with E-state index in [9.17, 15) is 0 Å². The first-order valence-corrected chi connectivity index (χ1v) is 8.89. The molecule has 0 aliphatic heterocycles. The molecule has 0 unspecified atom stereocenters. The van der Waals surface area contributed by atoms with Crippen LogP contribution in [0.5, 0.6) is 0 Å². The molecule has 0 saturated heterocycles. The smallest absolute Gasteiger partial charge is 0.175 e. The summed E-state index contributed by atoms with van der Waals surface area (Å²) in [6, 6.07) is 12.5. The molecule has 0 radical (unpaired) electrons. The highest BCUT2D eigenvalue weighted by Gasteiger charge is 2.16. The fourth-order valence-corrected chi connectivity index (χ4v) is 3.41. The van der Waals surface area contributed by atoms with Crippen LogP contribution >= 0.6 is 11.3 Å². The Morgan fingerprint density at radius 1 is 1.09 bits per heavy atom. The maximum Gasteiger partial charge on any atom is 0.175 e. The molecular formula is C18H22N2O2S. The van der Waals surface area contributed by atoms with Crippen LogP contribution in [-0.2, 0) is 22.4 Å². The summed E-state index contributed by atoms with van der Waals surface area (Å²) >= 11 is 1.76. The lowest BCUT2D eigenvalue weighted by molar-refractivity contribution is -0.143. The minimum absolute atomic E-state index is 0.246. The second-order valence-electron chi connectivity index (χ2n) is 5.22. The molecule has 5 heteroatoms. The normalized spacial score (nSPS) is 11.6. The van der Waals surface area contributed by atoms with Gasteiger partial charge in [0, 0.05) is 24.5 Å². The van der Waals surface area contributed by atoms with E-state index in [2.05, 4.69) is 34.2 Å². The molecule has 2 heterocycles. The molecule has 4 nitrogen and oxygen atoms in total. The van der Waals surface area contributed by atoms with Crippen LogP contribution in [0.3, 0.4) is 0 Å². The lowest BCUT2D eigenvalue weighted by atomic mass is 10.3. The SMILES string of the molecule is CCOC(Cn1c(Cc2cccs2)nc2ccccc21)OCC. The highest BCUT2D eigenvalue weighted by atomic mass is 32.1. The summed E-state index contributed by atoms with van der Waals surface area (Å²) in [5.74, 6) is 1.05. The Labute approximate surface area is 140 Å². The molecule has 3 rings (SSSR count). The van der Waals surface area contributed by atoms with Gasteiger partial charge in [-0.2, -0.15) is 0 Å². The van der Waals surface area contributed by atoms with Gasteiger partial charge in [0.25, 0.3) is 0 Å². The summed E-state index contributed by atoms with van der Waals surface area (Å²) in [5.41, 5.74) is 2.15. The van der Waals surface area contributed by atoms with E-state index in [1.807, 2.05) is 26.0 Å². The van der Waals surface area contributed by atoms with Crippen LogP contribution in [0.1, 0.15) is 24.5 Å². The topological polar surface area (TPSA) is 36.3 Å². The Balaban J connectivity index is 1.94. The van der Waals surface area contributed by atoms with Crippen molar-refractivity contribution in [2.75, 3.05) is 13.2 Å². The van der Waals surface area contributed by atoms with Crippen LogP contribution in [0, 0.1) is 0 Å². The number of benzene rings is 1. The summed E-state index contributed by atoms with van der Waals surface area (Å²) in [4.78, 5) is 6.13. The maximum atomic E-state index is 5.73. The quantitative estimate of drug-likeness (QED) is 0.584. The number of hydrogen-bond donors (Lipinski definition) is 0. The Morgan fingerprint density at radius 3 is 2.57 bits per heavy atom. The standard InChI is InChI=1S/C18H22N2O2S/c1-3-21-18(22-4-2)13-20-16-10-6-5-9-15(16)19-17(20)12-14-8-7-11-23-14/h5-11,18H,3-4,12-13H2,1-2H3. The van der Waals surface area contributed by atoms with Crippen molar-refractivity contribution in [2.45, 2.75) is 33.1 Å². The first-order valence-electron chi connectivity index (χ1n) is 8.01. The molecule has 3 aromatic rings. The van der Waals surface area contributed by atoms with Crippen LogP contribution in [0.25, 0.3) is 11.0 Å². The zero-order valence-electron chi connectivity index (χ0n) is 13.6. The number of rotatable bonds is 8. The van der Waals surface area contributed by atoms with E-state index < -0.39 is 0 Å². The van der Waals surface area contributed by atoms with Gasteiger partial charge in [-0.25, -0.2) is 4.98 Å². The number of thiophene rings is 1. The largest absolute Gasteiger partial charge is 0.351 e. The van der Waals surface area contributed by atoms with Crippen molar-refractivity contribution >= 4 is 22.4 Å². The van der Waals surface area contributed by atoms with Crippen molar-refractivity contribution < 1.29 is 9.47 Å². The van der Waals surface area contributed by atoms with E-state index >= 15 is 0 Å². The molecule has 2 aromatic heterocycles. The maximum absolute atomic E-state index is 5.73. The number of hydrogen-bond acceptors (Lipinski definition) is 4. The minimum atomic E-state index is -0.246. The van der Waals surface area contributed by atoms with Crippen molar-refractivity contribution in [3.8, 4) is 0 Å². The zero-order chi connectivity index (χ0) is 16.1. The van der Waals surface area contributed by atoms with Crippen molar-refractivity contribution in [1.82, 2.24) is 9.55 Å². The molecular weight excluding hydrogens is 308 g/mol. The third kappa shape index (κ3) is 3.80. The van der Waals surface area contributed by atoms with Gasteiger partial charge in [-0.15, -0.1) is 11.3 Å². The van der Waals surface area contributed by atoms with E-state index in [1.54, 1.807) is 11.3 Å². The van der Waals surface area contributed by atoms with E-state index in [4.69, 9.17) is 14.5 Å². The Bertz CT molecular complexity index is 731. The summed E-state index contributed by atoms with van der Waals surface area (Å²) in [7, 11) is 0. The molecule has 0 atom stereocenters. The zero-order valence-corrected chi connectivity index (χ0v) is 14.4. The number of imidazole rings is 1. The fourth-order valence-electron chi connectivity index (χ4n) is 2.71. The number of para-hydroxylation sites is 2. The Hall–Kier alpha value is -1.69. The van der Waals surface area contributed by atoms with Crippen LogP contribution in [0.4, 0.5) is 0 Å². The molecule has 0 spiro atoms. The van der Waals surface area contributed by atoms with Gasteiger partial charge < -0.3 is 14.0 Å². The second-order valence-corrected chi connectivity index (χ2v) is 6.26. The van der Waals surface area contributed by atoms with Crippen LogP contribution in [0.15, 0.2) is 41.8 Å². The number of nitrogens with zero attached hydrogens (tertiary/aromatic N) is 2. The number of ether oxygens (including phenoxy) is 2. The van der Waals surface area contributed by atoms with E-state index in [0.717, 1.165) is 23.3 Å². The van der Waals surface area contributed by atoms with Crippen LogP contribution in [0.2, 0.25) is 0 Å². The van der Waals surface area contributed by atoms with Crippen LogP contribution < -0.4 is 0 Å². The van der Waals surface area contributed by atoms with Gasteiger partial charge in [0.15, 0.2) is 6.29 Å². The van der Waals surface area contributed by atoms with Crippen molar-refractivity contribution in [3.63, 3.8) is 0 Å². The van der Waals surface area contributed by atoms with E-state index in [0.29, 0.717) is 19.8 Å². The van der Waals surface area contributed by atoms with Gasteiger partial charge in [0.05, 0.1) is 17.6 Å². The summed E-state index contributed by atoms with van der Waals surface area (Å²) in [6.07, 6.45) is 0.585. The van der Waals surface area contributed by atoms with Gasteiger partial charge in [0.2, 0.25) is 0 Å². The van der Waals surface area contributed by atoms with E-state index in [-0.39, 0.29) is 6.29 Å². The first-order chi connectivity index (χ1) is 11.3. The first kappa shape index (κ1) is 16.2. The van der Waals surface area contributed by atoms with Gasteiger partial charge >= 0.3 is 0 Å². The lowest BCUT2D eigenvalue weighted by Gasteiger charge is -2.19.